The number of nitrogens with one attached hydrogen (secondary N) is 1. The molecule has 1 nitrogen and oxygen atoms in total. The normalized spacial score (nSPS) is 19.9. The zero-order valence-corrected chi connectivity index (χ0v) is 10.7. The zero-order valence-electron chi connectivity index (χ0n) is 10.7. The Kier molecular flexibility index (Phi) is 6.00. The van der Waals surface area contributed by atoms with Gasteiger partial charge >= 0.3 is 0 Å². The monoisotopic (exact) mass is 209 g/mol. The van der Waals surface area contributed by atoms with Crippen molar-refractivity contribution in [1.29, 1.82) is 0 Å². The SMILES string of the molecule is CCNCC(=CC(C)C)C1CCCCC1. The van der Waals surface area contributed by atoms with Crippen molar-refractivity contribution in [3.8, 4) is 0 Å². The van der Waals surface area contributed by atoms with Gasteiger partial charge in [-0.3, -0.25) is 0 Å². The maximum Gasteiger partial charge on any atom is 0.0167 e. The molecule has 0 aromatic carbocycles. The van der Waals surface area contributed by atoms with Gasteiger partial charge in [0.05, 0.1) is 0 Å². The molecule has 1 fully saturated rings. The van der Waals surface area contributed by atoms with Crippen LogP contribution >= 0.6 is 0 Å². The van der Waals surface area contributed by atoms with Gasteiger partial charge in [-0.05, 0) is 31.2 Å². The number of likely N-dealkylation sites (N-methyl/N-ethyl adjacent to an activating group) is 1. The Balaban J connectivity index is 2.53. The van der Waals surface area contributed by atoms with Crippen molar-refractivity contribution in [3.63, 3.8) is 0 Å². The fourth-order valence-corrected chi connectivity index (χ4v) is 2.51. The van der Waals surface area contributed by atoms with Gasteiger partial charge < -0.3 is 5.32 Å². The van der Waals surface area contributed by atoms with Crippen molar-refractivity contribution in [3.05, 3.63) is 11.6 Å². The van der Waals surface area contributed by atoms with E-state index in [2.05, 4.69) is 32.2 Å². The second kappa shape index (κ2) is 7.05. The van der Waals surface area contributed by atoms with E-state index in [-0.39, 0.29) is 0 Å². The van der Waals surface area contributed by atoms with Crippen molar-refractivity contribution >= 4 is 0 Å². The number of rotatable bonds is 5. The zero-order chi connectivity index (χ0) is 11.1. The molecule has 88 valence electrons. The molecule has 1 N–H and O–H groups in total. The van der Waals surface area contributed by atoms with E-state index in [0.717, 1.165) is 19.0 Å². The molecule has 1 heteroatoms. The average Bonchev–Trinajstić information content (AvgIpc) is 2.25. The molecule has 1 aliphatic rings. The number of hydrogen-bond acceptors (Lipinski definition) is 1. The minimum absolute atomic E-state index is 0.695. The molecule has 0 atom stereocenters. The van der Waals surface area contributed by atoms with Crippen molar-refractivity contribution in [2.24, 2.45) is 11.8 Å². The number of allylic oxidation sites excluding steroid dienone is 1. The minimum atomic E-state index is 0.695. The van der Waals surface area contributed by atoms with Crippen LogP contribution in [-0.4, -0.2) is 13.1 Å². The van der Waals surface area contributed by atoms with Crippen molar-refractivity contribution in [2.45, 2.75) is 52.9 Å². The largest absolute Gasteiger partial charge is 0.313 e. The third kappa shape index (κ3) is 4.83. The molecule has 0 bridgehead atoms. The minimum Gasteiger partial charge on any atom is -0.313 e. The molecule has 1 aliphatic carbocycles. The topological polar surface area (TPSA) is 12.0 Å². The molecule has 1 saturated carbocycles. The summed E-state index contributed by atoms with van der Waals surface area (Å²) in [5.41, 5.74) is 1.67. The number of hydrogen-bond donors (Lipinski definition) is 1. The first-order chi connectivity index (χ1) is 7.24. The lowest BCUT2D eigenvalue weighted by atomic mass is 9.82. The standard InChI is InChI=1S/C14H27N/c1-4-15-11-14(10-12(2)3)13-8-6-5-7-9-13/h10,12-13,15H,4-9,11H2,1-3H3. The highest BCUT2D eigenvalue weighted by atomic mass is 14.8. The molecule has 0 aromatic rings. The molecule has 0 radical (unpaired) electrons. The Morgan fingerprint density at radius 3 is 2.47 bits per heavy atom. The lowest BCUT2D eigenvalue weighted by molar-refractivity contribution is 0.393. The Hall–Kier alpha value is -0.300. The van der Waals surface area contributed by atoms with Crippen LogP contribution in [0.25, 0.3) is 0 Å². The van der Waals surface area contributed by atoms with Gasteiger partial charge in [-0.2, -0.15) is 0 Å². The highest BCUT2D eigenvalue weighted by Gasteiger charge is 2.17. The average molecular weight is 209 g/mol. The lowest BCUT2D eigenvalue weighted by Gasteiger charge is -2.25. The highest BCUT2D eigenvalue weighted by Crippen LogP contribution is 2.30. The maximum atomic E-state index is 3.48. The first-order valence-corrected chi connectivity index (χ1v) is 6.65. The Bertz CT molecular complexity index is 188. The summed E-state index contributed by atoms with van der Waals surface area (Å²) in [5.74, 6) is 1.57. The maximum absolute atomic E-state index is 3.48. The second-order valence-electron chi connectivity index (χ2n) is 5.10. The fourth-order valence-electron chi connectivity index (χ4n) is 2.51. The van der Waals surface area contributed by atoms with Crippen molar-refractivity contribution in [1.82, 2.24) is 5.32 Å². The van der Waals surface area contributed by atoms with Crippen LogP contribution in [0.3, 0.4) is 0 Å². The van der Waals surface area contributed by atoms with Gasteiger partial charge in [-0.25, -0.2) is 0 Å². The van der Waals surface area contributed by atoms with Gasteiger partial charge in [-0.15, -0.1) is 0 Å². The van der Waals surface area contributed by atoms with Gasteiger partial charge in [0.1, 0.15) is 0 Å². The van der Waals surface area contributed by atoms with E-state index in [1.54, 1.807) is 5.57 Å². The van der Waals surface area contributed by atoms with E-state index in [0.29, 0.717) is 5.92 Å². The van der Waals surface area contributed by atoms with Gasteiger partial charge in [0, 0.05) is 6.54 Å². The molecule has 1 rings (SSSR count). The third-order valence-electron chi connectivity index (χ3n) is 3.26. The van der Waals surface area contributed by atoms with Crippen LogP contribution in [-0.2, 0) is 0 Å². The van der Waals surface area contributed by atoms with Crippen LogP contribution in [0.2, 0.25) is 0 Å². The van der Waals surface area contributed by atoms with Crippen molar-refractivity contribution < 1.29 is 0 Å². The van der Waals surface area contributed by atoms with Gasteiger partial charge in [0.15, 0.2) is 0 Å². The molecule has 0 unspecified atom stereocenters. The fraction of sp³-hybridized carbons (Fsp3) is 0.857. The van der Waals surface area contributed by atoms with E-state index < -0.39 is 0 Å². The Morgan fingerprint density at radius 1 is 1.27 bits per heavy atom. The highest BCUT2D eigenvalue weighted by molar-refractivity contribution is 5.10. The van der Waals surface area contributed by atoms with Crippen LogP contribution in [0, 0.1) is 11.8 Å². The Labute approximate surface area is 95.3 Å². The summed E-state index contributed by atoms with van der Waals surface area (Å²) in [5, 5.41) is 3.48. The molecular weight excluding hydrogens is 182 g/mol. The molecule has 0 saturated heterocycles. The second-order valence-corrected chi connectivity index (χ2v) is 5.10. The Morgan fingerprint density at radius 2 is 1.93 bits per heavy atom. The summed E-state index contributed by atoms with van der Waals surface area (Å²) in [6.45, 7) is 8.96. The van der Waals surface area contributed by atoms with E-state index in [9.17, 15) is 0 Å². The first-order valence-electron chi connectivity index (χ1n) is 6.65. The van der Waals surface area contributed by atoms with Crippen LogP contribution < -0.4 is 5.32 Å². The smallest absolute Gasteiger partial charge is 0.0167 e. The quantitative estimate of drug-likeness (QED) is 0.680. The van der Waals surface area contributed by atoms with Gasteiger partial charge in [-0.1, -0.05) is 51.7 Å². The molecular formula is C14H27N. The summed E-state index contributed by atoms with van der Waals surface area (Å²) >= 11 is 0. The summed E-state index contributed by atoms with van der Waals surface area (Å²) in [6, 6.07) is 0. The van der Waals surface area contributed by atoms with Crippen molar-refractivity contribution in [2.75, 3.05) is 13.1 Å². The van der Waals surface area contributed by atoms with Gasteiger partial charge in [0.2, 0.25) is 0 Å². The van der Waals surface area contributed by atoms with Crippen LogP contribution in [0.15, 0.2) is 11.6 Å². The lowest BCUT2D eigenvalue weighted by Crippen LogP contribution is -2.22. The summed E-state index contributed by atoms with van der Waals surface area (Å²) in [6.07, 6.45) is 9.65. The molecule has 0 heterocycles. The van der Waals surface area contributed by atoms with E-state index >= 15 is 0 Å². The molecule has 0 aromatic heterocycles. The first kappa shape index (κ1) is 12.8. The van der Waals surface area contributed by atoms with E-state index in [1.165, 1.54) is 32.1 Å². The predicted octanol–water partition coefficient (Wildman–Crippen LogP) is 3.76. The van der Waals surface area contributed by atoms with Crippen LogP contribution in [0.4, 0.5) is 0 Å². The van der Waals surface area contributed by atoms with Crippen LogP contribution in [0.1, 0.15) is 52.9 Å². The molecule has 0 spiro atoms. The van der Waals surface area contributed by atoms with Gasteiger partial charge in [0.25, 0.3) is 0 Å². The molecule has 0 amide bonds. The summed E-state index contributed by atoms with van der Waals surface area (Å²) < 4.78 is 0. The van der Waals surface area contributed by atoms with E-state index in [4.69, 9.17) is 0 Å². The summed E-state index contributed by atoms with van der Waals surface area (Å²) in [4.78, 5) is 0. The molecule has 0 aliphatic heterocycles. The molecule has 15 heavy (non-hydrogen) atoms. The summed E-state index contributed by atoms with van der Waals surface area (Å²) in [7, 11) is 0. The predicted molar refractivity (Wildman–Crippen MR) is 68.0 cm³/mol. The van der Waals surface area contributed by atoms with Crippen LogP contribution in [0.5, 0.6) is 0 Å². The third-order valence-corrected chi connectivity index (χ3v) is 3.26. The van der Waals surface area contributed by atoms with E-state index in [1.807, 2.05) is 0 Å².